The third-order valence-electron chi connectivity index (χ3n) is 4.79. The number of ether oxygens (including phenoxy) is 3. The zero-order valence-electron chi connectivity index (χ0n) is 17.1. The molecule has 0 radical (unpaired) electrons. The molecule has 9 nitrogen and oxygen atoms in total. The summed E-state index contributed by atoms with van der Waals surface area (Å²) in [4.78, 5) is 49.8. The van der Waals surface area contributed by atoms with Crippen LogP contribution in [0.1, 0.15) is 16.8 Å². The number of methoxy groups -OCH3 is 2. The van der Waals surface area contributed by atoms with E-state index in [1.807, 2.05) is 0 Å². The second kappa shape index (κ2) is 9.75. The number of carbonyl (C=O) groups excluding carboxylic acids is 4. The van der Waals surface area contributed by atoms with Gasteiger partial charge in [0.15, 0.2) is 6.61 Å². The summed E-state index contributed by atoms with van der Waals surface area (Å²) in [5.74, 6) is -2.07. The van der Waals surface area contributed by atoms with Crippen molar-refractivity contribution in [3.63, 3.8) is 0 Å². The molecule has 0 saturated carbocycles. The Balaban J connectivity index is 1.54. The number of hydrogen-bond acceptors (Lipinski definition) is 7. The van der Waals surface area contributed by atoms with Gasteiger partial charge in [-0.1, -0.05) is 12.1 Å². The molecule has 1 saturated heterocycles. The molecule has 0 bridgehead atoms. The van der Waals surface area contributed by atoms with E-state index in [0.29, 0.717) is 22.7 Å². The van der Waals surface area contributed by atoms with Crippen LogP contribution in [0.5, 0.6) is 5.75 Å². The fourth-order valence-electron chi connectivity index (χ4n) is 3.20. The van der Waals surface area contributed by atoms with E-state index in [4.69, 9.17) is 9.47 Å². The quantitative estimate of drug-likeness (QED) is 0.674. The van der Waals surface area contributed by atoms with Gasteiger partial charge in [0.2, 0.25) is 5.91 Å². The van der Waals surface area contributed by atoms with Gasteiger partial charge in [0.25, 0.3) is 5.91 Å². The van der Waals surface area contributed by atoms with E-state index in [-0.39, 0.29) is 18.9 Å². The Labute approximate surface area is 178 Å². The first kappa shape index (κ1) is 21.8. The van der Waals surface area contributed by atoms with Crippen LogP contribution in [0.4, 0.5) is 11.4 Å². The summed E-state index contributed by atoms with van der Waals surface area (Å²) in [6.07, 6.45) is -0.0221. The molecule has 9 heteroatoms. The van der Waals surface area contributed by atoms with Crippen molar-refractivity contribution < 1.29 is 33.4 Å². The van der Waals surface area contributed by atoms with E-state index in [1.54, 1.807) is 48.5 Å². The van der Waals surface area contributed by atoms with Crippen molar-refractivity contribution in [2.24, 2.45) is 5.92 Å². The van der Waals surface area contributed by atoms with Crippen LogP contribution in [0.3, 0.4) is 0 Å². The number of rotatable bonds is 7. The summed E-state index contributed by atoms with van der Waals surface area (Å²) in [5, 5.41) is 2.61. The zero-order valence-corrected chi connectivity index (χ0v) is 17.1. The molecule has 1 heterocycles. The Morgan fingerprint density at radius 1 is 1.06 bits per heavy atom. The third kappa shape index (κ3) is 5.19. The normalized spacial score (nSPS) is 15.4. The van der Waals surface area contributed by atoms with Gasteiger partial charge >= 0.3 is 11.9 Å². The molecule has 3 rings (SSSR count). The Kier molecular flexibility index (Phi) is 6.86. The minimum absolute atomic E-state index is 0.0221. The lowest BCUT2D eigenvalue weighted by Gasteiger charge is -2.17. The van der Waals surface area contributed by atoms with Crippen molar-refractivity contribution in [1.82, 2.24) is 0 Å². The third-order valence-corrected chi connectivity index (χ3v) is 4.79. The van der Waals surface area contributed by atoms with Crippen LogP contribution in [-0.4, -0.2) is 51.1 Å². The predicted octanol–water partition coefficient (Wildman–Crippen LogP) is 2.02. The number of hydrogen-bond donors (Lipinski definition) is 1. The maximum Gasteiger partial charge on any atom is 0.337 e. The summed E-state index contributed by atoms with van der Waals surface area (Å²) >= 11 is 0. The smallest absolute Gasteiger partial charge is 0.337 e. The van der Waals surface area contributed by atoms with E-state index < -0.39 is 30.4 Å². The molecule has 31 heavy (non-hydrogen) atoms. The minimum Gasteiger partial charge on any atom is -0.495 e. The second-order valence-electron chi connectivity index (χ2n) is 6.80. The number of carbonyl (C=O) groups is 4. The maximum absolute atomic E-state index is 12.4. The van der Waals surface area contributed by atoms with Crippen molar-refractivity contribution >= 4 is 35.1 Å². The Morgan fingerprint density at radius 2 is 1.77 bits per heavy atom. The monoisotopic (exact) mass is 426 g/mol. The van der Waals surface area contributed by atoms with Crippen molar-refractivity contribution in [2.45, 2.75) is 6.42 Å². The van der Waals surface area contributed by atoms with E-state index in [2.05, 4.69) is 10.1 Å². The molecule has 1 fully saturated rings. The molecule has 162 valence electrons. The van der Waals surface area contributed by atoms with Crippen molar-refractivity contribution in [3.05, 3.63) is 54.1 Å². The fourth-order valence-corrected chi connectivity index (χ4v) is 3.20. The highest BCUT2D eigenvalue weighted by molar-refractivity contribution is 6.00. The number of para-hydroxylation sites is 2. The van der Waals surface area contributed by atoms with Crippen LogP contribution < -0.4 is 15.0 Å². The van der Waals surface area contributed by atoms with Gasteiger partial charge < -0.3 is 24.4 Å². The number of nitrogens with zero attached hydrogens (tertiary/aromatic N) is 1. The Morgan fingerprint density at radius 3 is 2.45 bits per heavy atom. The molecular weight excluding hydrogens is 404 g/mol. The summed E-state index contributed by atoms with van der Waals surface area (Å²) in [5.41, 5.74) is 1.38. The van der Waals surface area contributed by atoms with Gasteiger partial charge in [0.05, 0.1) is 31.4 Å². The lowest BCUT2D eigenvalue weighted by Crippen LogP contribution is -2.28. The molecule has 1 atom stereocenters. The number of benzene rings is 2. The lowest BCUT2D eigenvalue weighted by molar-refractivity contribution is -0.151. The predicted molar refractivity (Wildman–Crippen MR) is 111 cm³/mol. The topological polar surface area (TPSA) is 111 Å². The average molecular weight is 426 g/mol. The highest BCUT2D eigenvalue weighted by atomic mass is 16.5. The molecule has 2 amide bonds. The lowest BCUT2D eigenvalue weighted by atomic mass is 10.1. The van der Waals surface area contributed by atoms with Crippen LogP contribution in [0.2, 0.25) is 0 Å². The summed E-state index contributed by atoms with van der Waals surface area (Å²) in [6.45, 7) is -0.348. The van der Waals surface area contributed by atoms with Crippen molar-refractivity contribution in [2.75, 3.05) is 37.6 Å². The van der Waals surface area contributed by atoms with Crippen LogP contribution in [-0.2, 0) is 23.9 Å². The van der Waals surface area contributed by atoms with Gasteiger partial charge in [-0.2, -0.15) is 0 Å². The van der Waals surface area contributed by atoms with Crippen molar-refractivity contribution in [3.8, 4) is 5.75 Å². The molecule has 0 aliphatic carbocycles. The summed E-state index contributed by atoms with van der Waals surface area (Å²) in [6, 6.07) is 13.2. The summed E-state index contributed by atoms with van der Waals surface area (Å²) in [7, 11) is 2.77. The molecule has 0 aromatic heterocycles. The molecule has 1 aliphatic heterocycles. The van der Waals surface area contributed by atoms with Gasteiger partial charge in [-0.15, -0.1) is 0 Å². The fraction of sp³-hybridized carbons (Fsp3) is 0.273. The molecule has 0 unspecified atom stereocenters. The van der Waals surface area contributed by atoms with Gasteiger partial charge in [0.1, 0.15) is 5.75 Å². The van der Waals surface area contributed by atoms with E-state index in [1.165, 1.54) is 19.1 Å². The molecule has 1 aliphatic rings. The first-order chi connectivity index (χ1) is 14.9. The number of amides is 2. The largest absolute Gasteiger partial charge is 0.495 e. The standard InChI is InChI=1S/C22H22N2O7/c1-29-18-6-4-3-5-17(18)23-19(25)13-31-22(28)15-11-20(26)24(12-15)16-9-7-14(8-10-16)21(27)30-2/h3-10,15H,11-13H2,1-2H3,(H,23,25)/t15-/m1/s1. The van der Waals surface area contributed by atoms with Crippen LogP contribution >= 0.6 is 0 Å². The first-order valence-corrected chi connectivity index (χ1v) is 9.51. The SMILES string of the molecule is COC(=O)c1ccc(N2C[C@H](C(=O)OCC(=O)Nc3ccccc3OC)CC2=O)cc1. The molecule has 2 aromatic carbocycles. The average Bonchev–Trinajstić information content (AvgIpc) is 3.19. The molecular formula is C22H22N2O7. The van der Waals surface area contributed by atoms with Gasteiger partial charge in [-0.05, 0) is 36.4 Å². The first-order valence-electron chi connectivity index (χ1n) is 9.51. The van der Waals surface area contributed by atoms with Crippen LogP contribution in [0.15, 0.2) is 48.5 Å². The van der Waals surface area contributed by atoms with E-state index >= 15 is 0 Å². The molecule has 2 aromatic rings. The number of esters is 2. The highest BCUT2D eigenvalue weighted by Crippen LogP contribution is 2.26. The zero-order chi connectivity index (χ0) is 22.4. The Hall–Kier alpha value is -3.88. The van der Waals surface area contributed by atoms with Crippen molar-refractivity contribution in [1.29, 1.82) is 0 Å². The highest BCUT2D eigenvalue weighted by Gasteiger charge is 2.36. The van der Waals surface area contributed by atoms with Crippen LogP contribution in [0.25, 0.3) is 0 Å². The number of nitrogens with one attached hydrogen (secondary N) is 1. The van der Waals surface area contributed by atoms with Gasteiger partial charge in [0, 0.05) is 18.7 Å². The maximum atomic E-state index is 12.4. The van der Waals surface area contributed by atoms with E-state index in [9.17, 15) is 19.2 Å². The second-order valence-corrected chi connectivity index (χ2v) is 6.80. The van der Waals surface area contributed by atoms with Crippen LogP contribution in [0, 0.1) is 5.92 Å². The van der Waals surface area contributed by atoms with E-state index in [0.717, 1.165) is 0 Å². The van der Waals surface area contributed by atoms with Gasteiger partial charge in [-0.25, -0.2) is 4.79 Å². The Bertz CT molecular complexity index is 988. The molecule has 1 N–H and O–H groups in total. The van der Waals surface area contributed by atoms with Gasteiger partial charge in [-0.3, -0.25) is 14.4 Å². The summed E-state index contributed by atoms with van der Waals surface area (Å²) < 4.78 is 14.9. The number of anilines is 2. The minimum atomic E-state index is -0.688. The molecule has 0 spiro atoms.